The van der Waals surface area contributed by atoms with E-state index in [9.17, 15) is 18.0 Å². The molecule has 174 valence electrons. The van der Waals surface area contributed by atoms with Gasteiger partial charge in [-0.05, 0) is 60.7 Å². The van der Waals surface area contributed by atoms with Crippen molar-refractivity contribution < 1.29 is 22.7 Å². The number of hydrogen-bond donors (Lipinski definition) is 1. The predicted octanol–water partition coefficient (Wildman–Crippen LogP) is 3.67. The van der Waals surface area contributed by atoms with Gasteiger partial charge in [-0.2, -0.15) is 9.57 Å². The summed E-state index contributed by atoms with van der Waals surface area (Å²) < 4.78 is 32.4. The minimum absolute atomic E-state index is 0.100. The van der Waals surface area contributed by atoms with Gasteiger partial charge in [-0.1, -0.05) is 25.4 Å². The summed E-state index contributed by atoms with van der Waals surface area (Å²) in [5, 5.41) is 11.9. The maximum absolute atomic E-state index is 12.9. The Morgan fingerprint density at radius 2 is 1.79 bits per heavy atom. The van der Waals surface area contributed by atoms with Crippen LogP contribution >= 0.6 is 11.6 Å². The van der Waals surface area contributed by atoms with E-state index in [2.05, 4.69) is 5.32 Å². The third-order valence-corrected chi connectivity index (χ3v) is 7.35. The molecule has 2 aromatic rings. The zero-order valence-electron chi connectivity index (χ0n) is 18.2. The van der Waals surface area contributed by atoms with Crippen LogP contribution in [0.2, 0.25) is 5.02 Å². The molecule has 2 unspecified atom stereocenters. The quantitative estimate of drug-likeness (QED) is 0.619. The standard InChI is InChI=1S/C23H24ClN3O5S/c1-15-9-16(2)13-27(12-15)33(30,31)20-7-4-17(5-8-20)23(29)32-14-22(28)26-21-10-19(24)6-3-18(21)11-25/h3-8,10,15-16H,9,12-14H2,1-2H3,(H,26,28). The molecule has 3 rings (SSSR count). The van der Waals surface area contributed by atoms with Crippen molar-refractivity contribution in [1.82, 2.24) is 4.31 Å². The molecule has 1 amide bonds. The Bertz CT molecular complexity index is 1180. The highest BCUT2D eigenvalue weighted by Gasteiger charge is 2.31. The van der Waals surface area contributed by atoms with Crippen molar-refractivity contribution in [2.24, 2.45) is 11.8 Å². The van der Waals surface area contributed by atoms with Gasteiger partial charge in [0, 0.05) is 18.1 Å². The fourth-order valence-electron chi connectivity index (χ4n) is 3.83. The van der Waals surface area contributed by atoms with E-state index in [1.165, 1.54) is 46.8 Å². The highest BCUT2D eigenvalue weighted by molar-refractivity contribution is 7.89. The fraction of sp³-hybridized carbons (Fsp3) is 0.348. The van der Waals surface area contributed by atoms with Crippen molar-refractivity contribution in [3.63, 3.8) is 0 Å². The van der Waals surface area contributed by atoms with E-state index in [-0.39, 0.29) is 33.5 Å². The lowest BCUT2D eigenvalue weighted by Gasteiger charge is -2.34. The van der Waals surface area contributed by atoms with Gasteiger partial charge in [-0.25, -0.2) is 13.2 Å². The normalized spacial score (nSPS) is 18.8. The topological polar surface area (TPSA) is 117 Å². The van der Waals surface area contributed by atoms with Crippen molar-refractivity contribution in [2.75, 3.05) is 25.0 Å². The number of hydrogen-bond acceptors (Lipinski definition) is 6. The first-order chi connectivity index (χ1) is 15.6. The molecule has 2 aromatic carbocycles. The van der Waals surface area contributed by atoms with Crippen molar-refractivity contribution in [3.8, 4) is 6.07 Å². The van der Waals surface area contributed by atoms with Crippen molar-refractivity contribution in [2.45, 2.75) is 25.2 Å². The molecule has 0 spiro atoms. The van der Waals surface area contributed by atoms with Crippen LogP contribution in [-0.2, 0) is 19.6 Å². The van der Waals surface area contributed by atoms with Crippen molar-refractivity contribution >= 4 is 39.2 Å². The fourth-order valence-corrected chi connectivity index (χ4v) is 5.68. The first-order valence-electron chi connectivity index (χ1n) is 10.4. The van der Waals surface area contributed by atoms with Crippen LogP contribution in [0.1, 0.15) is 36.2 Å². The van der Waals surface area contributed by atoms with Gasteiger partial charge < -0.3 is 10.1 Å². The van der Waals surface area contributed by atoms with Crippen LogP contribution in [0.3, 0.4) is 0 Å². The van der Waals surface area contributed by atoms with Gasteiger partial charge in [0.25, 0.3) is 5.91 Å². The summed E-state index contributed by atoms with van der Waals surface area (Å²) in [5.41, 5.74) is 0.540. The number of sulfonamides is 1. The van der Waals surface area contributed by atoms with E-state index >= 15 is 0 Å². The molecule has 1 aliphatic heterocycles. The molecule has 8 nitrogen and oxygen atoms in total. The second-order valence-corrected chi connectivity index (χ2v) is 10.6. The summed E-state index contributed by atoms with van der Waals surface area (Å²) >= 11 is 5.88. The third kappa shape index (κ3) is 6.11. The number of amides is 1. The third-order valence-electron chi connectivity index (χ3n) is 5.27. The highest BCUT2D eigenvalue weighted by atomic mass is 35.5. The molecule has 1 fully saturated rings. The Labute approximate surface area is 198 Å². The molecular weight excluding hydrogens is 466 g/mol. The molecule has 1 heterocycles. The lowest BCUT2D eigenvalue weighted by molar-refractivity contribution is -0.119. The summed E-state index contributed by atoms with van der Waals surface area (Å²) in [6.07, 6.45) is 0.986. The molecule has 0 aromatic heterocycles. The van der Waals surface area contributed by atoms with Crippen molar-refractivity contribution in [1.29, 1.82) is 5.26 Å². The molecule has 2 atom stereocenters. The lowest BCUT2D eigenvalue weighted by atomic mass is 9.94. The predicted molar refractivity (Wildman–Crippen MR) is 123 cm³/mol. The number of esters is 1. The molecule has 1 aliphatic rings. The van der Waals surface area contributed by atoms with E-state index in [0.717, 1.165) is 6.42 Å². The second kappa shape index (κ2) is 10.3. The Kier molecular flexibility index (Phi) is 7.74. The van der Waals surface area contributed by atoms with Gasteiger partial charge in [-0.3, -0.25) is 4.79 Å². The van der Waals surface area contributed by atoms with E-state index in [1.54, 1.807) is 0 Å². The molecular formula is C23H24ClN3O5S. The summed E-state index contributed by atoms with van der Waals surface area (Å²) in [6.45, 7) is 4.40. The molecule has 0 aliphatic carbocycles. The van der Waals surface area contributed by atoms with Crippen LogP contribution < -0.4 is 5.32 Å². The number of anilines is 1. The lowest BCUT2D eigenvalue weighted by Crippen LogP contribution is -2.42. The Morgan fingerprint density at radius 3 is 2.39 bits per heavy atom. The number of piperidine rings is 1. The van der Waals surface area contributed by atoms with Gasteiger partial charge in [0.05, 0.1) is 21.7 Å². The number of carbonyl (C=O) groups is 2. The Hall–Kier alpha value is -2.93. The summed E-state index contributed by atoms with van der Waals surface area (Å²) in [7, 11) is -3.66. The number of nitrogens with zero attached hydrogens (tertiary/aromatic N) is 2. The zero-order valence-corrected chi connectivity index (χ0v) is 19.8. The molecule has 0 radical (unpaired) electrons. The molecule has 0 bridgehead atoms. The summed E-state index contributed by atoms with van der Waals surface area (Å²) in [6, 6.07) is 11.8. The average Bonchev–Trinajstić information content (AvgIpc) is 2.77. The van der Waals surface area contributed by atoms with Crippen LogP contribution in [0.15, 0.2) is 47.4 Å². The maximum atomic E-state index is 12.9. The van der Waals surface area contributed by atoms with Gasteiger partial charge in [0.2, 0.25) is 10.0 Å². The minimum Gasteiger partial charge on any atom is -0.452 e. The summed E-state index contributed by atoms with van der Waals surface area (Å²) in [5.74, 6) is -0.865. The number of rotatable bonds is 6. The van der Waals surface area contributed by atoms with E-state index in [0.29, 0.717) is 18.1 Å². The Morgan fingerprint density at radius 1 is 1.15 bits per heavy atom. The minimum atomic E-state index is -3.66. The molecule has 0 saturated carbocycles. The van der Waals surface area contributed by atoms with Gasteiger partial charge in [0.15, 0.2) is 6.61 Å². The number of nitriles is 1. The molecule has 10 heteroatoms. The van der Waals surface area contributed by atoms with E-state index in [4.69, 9.17) is 21.6 Å². The van der Waals surface area contributed by atoms with E-state index < -0.39 is 28.5 Å². The van der Waals surface area contributed by atoms with Crippen LogP contribution in [-0.4, -0.2) is 44.3 Å². The van der Waals surface area contributed by atoms with Gasteiger partial charge in [0.1, 0.15) is 6.07 Å². The van der Waals surface area contributed by atoms with Gasteiger partial charge >= 0.3 is 5.97 Å². The smallest absolute Gasteiger partial charge is 0.338 e. The van der Waals surface area contributed by atoms with Crippen LogP contribution in [0, 0.1) is 23.2 Å². The summed E-state index contributed by atoms with van der Waals surface area (Å²) in [4.78, 5) is 24.5. The number of halogens is 1. The SMILES string of the molecule is CC1CC(C)CN(S(=O)(=O)c2ccc(C(=O)OCC(=O)Nc3cc(Cl)ccc3C#N)cc2)C1. The van der Waals surface area contributed by atoms with Crippen molar-refractivity contribution in [3.05, 3.63) is 58.6 Å². The van der Waals surface area contributed by atoms with Crippen LogP contribution in [0.4, 0.5) is 5.69 Å². The number of nitrogens with one attached hydrogen (secondary N) is 1. The maximum Gasteiger partial charge on any atom is 0.338 e. The average molecular weight is 490 g/mol. The largest absolute Gasteiger partial charge is 0.452 e. The molecule has 33 heavy (non-hydrogen) atoms. The van der Waals surface area contributed by atoms with Gasteiger partial charge in [-0.15, -0.1) is 0 Å². The number of carbonyl (C=O) groups excluding carboxylic acids is 2. The zero-order chi connectivity index (χ0) is 24.2. The molecule has 1 saturated heterocycles. The van der Waals surface area contributed by atoms with E-state index in [1.807, 2.05) is 19.9 Å². The van der Waals surface area contributed by atoms with Crippen LogP contribution in [0.5, 0.6) is 0 Å². The monoisotopic (exact) mass is 489 g/mol. The first-order valence-corrected chi connectivity index (χ1v) is 12.2. The first kappa shape index (κ1) is 24.7. The number of benzene rings is 2. The highest BCUT2D eigenvalue weighted by Crippen LogP contribution is 2.27. The second-order valence-electron chi connectivity index (χ2n) is 8.22. The van der Waals surface area contributed by atoms with Crippen LogP contribution in [0.25, 0.3) is 0 Å². The Balaban J connectivity index is 1.61. The number of ether oxygens (including phenoxy) is 1. The molecule has 1 N–H and O–H groups in total.